The predicted octanol–water partition coefficient (Wildman–Crippen LogP) is 9.94. The van der Waals surface area contributed by atoms with Crippen molar-refractivity contribution in [2.24, 2.45) is 0 Å². The van der Waals surface area contributed by atoms with Gasteiger partial charge in [0.1, 0.15) is 0 Å². The van der Waals surface area contributed by atoms with Crippen LogP contribution in [0.25, 0.3) is 41.7 Å². The summed E-state index contributed by atoms with van der Waals surface area (Å²) in [6, 6.07) is 41.0. The molecule has 0 amide bonds. The van der Waals surface area contributed by atoms with Gasteiger partial charge in [0.05, 0.1) is 21.8 Å². The molecule has 1 aliphatic heterocycles. The Hall–Kier alpha value is -4.34. The highest BCUT2D eigenvalue weighted by atomic mass is 32.1. The number of thiophene rings is 1. The molecule has 2 heterocycles. The number of anilines is 3. The number of fused-ring (bicyclic) bond motifs is 9. The van der Waals surface area contributed by atoms with Crippen LogP contribution in [-0.2, 0) is 0 Å². The highest BCUT2D eigenvalue weighted by Crippen LogP contribution is 2.56. The van der Waals surface area contributed by atoms with Crippen molar-refractivity contribution in [3.05, 3.63) is 115 Å². The molecule has 0 bridgehead atoms. The van der Waals surface area contributed by atoms with E-state index in [-0.39, 0.29) is 0 Å². The predicted molar refractivity (Wildman–Crippen MR) is 149 cm³/mol. The van der Waals surface area contributed by atoms with E-state index in [9.17, 15) is 0 Å². The molecule has 0 saturated carbocycles. The van der Waals surface area contributed by atoms with E-state index >= 15 is 0 Å². The molecule has 6 aromatic carbocycles. The molecule has 0 N–H and O–H groups in total. The van der Waals surface area contributed by atoms with Crippen molar-refractivity contribution in [3.8, 4) is 11.5 Å². The molecule has 0 unspecified atom stereocenters. The minimum Gasteiger partial charge on any atom is -0.452 e. The molecule has 35 heavy (non-hydrogen) atoms. The molecule has 0 aliphatic carbocycles. The highest BCUT2D eigenvalue weighted by molar-refractivity contribution is 7.26. The summed E-state index contributed by atoms with van der Waals surface area (Å²) in [5.41, 5.74) is 3.34. The van der Waals surface area contributed by atoms with Gasteiger partial charge in [0.15, 0.2) is 11.5 Å². The Labute approximate surface area is 206 Å². The zero-order valence-corrected chi connectivity index (χ0v) is 19.5. The van der Waals surface area contributed by atoms with Crippen molar-refractivity contribution in [2.45, 2.75) is 0 Å². The number of nitrogens with zero attached hydrogens (tertiary/aromatic N) is 1. The van der Waals surface area contributed by atoms with Crippen molar-refractivity contribution in [3.63, 3.8) is 0 Å². The first-order chi connectivity index (χ1) is 17.4. The van der Waals surface area contributed by atoms with Gasteiger partial charge in [-0.3, -0.25) is 0 Å². The Balaban J connectivity index is 1.53. The van der Waals surface area contributed by atoms with E-state index < -0.39 is 0 Å². The first kappa shape index (κ1) is 19.0. The van der Waals surface area contributed by atoms with Gasteiger partial charge < -0.3 is 9.64 Å². The van der Waals surface area contributed by atoms with Gasteiger partial charge >= 0.3 is 0 Å². The molecule has 0 fully saturated rings. The monoisotopic (exact) mass is 465 g/mol. The maximum absolute atomic E-state index is 6.68. The van der Waals surface area contributed by atoms with Crippen LogP contribution in [0.5, 0.6) is 11.5 Å². The van der Waals surface area contributed by atoms with Crippen LogP contribution in [0, 0.1) is 0 Å². The fraction of sp³-hybridized carbons (Fsp3) is 0. The maximum Gasteiger partial charge on any atom is 0.159 e. The third-order valence-electron chi connectivity index (χ3n) is 7.02. The minimum atomic E-state index is 0.880. The molecule has 1 aliphatic rings. The van der Waals surface area contributed by atoms with Crippen LogP contribution < -0.4 is 9.64 Å². The summed E-state index contributed by atoms with van der Waals surface area (Å²) in [7, 11) is 0. The molecular weight excluding hydrogens is 446 g/mol. The standard InChI is InChI=1S/C32H19NOS/c1-3-10-22-20(8-1)17-19-28-30(22)33(26-18-16-21-9-2-4-11-23(21)31(26)34-28)27-14-7-13-25-24-12-5-6-15-29(24)35-32(25)27/h1-19H. The topological polar surface area (TPSA) is 12.5 Å². The molecule has 1 aromatic heterocycles. The smallest absolute Gasteiger partial charge is 0.159 e. The Kier molecular flexibility index (Phi) is 3.85. The highest BCUT2D eigenvalue weighted by Gasteiger charge is 2.30. The van der Waals surface area contributed by atoms with E-state index in [1.54, 1.807) is 0 Å². The second-order valence-corrected chi connectivity index (χ2v) is 10.0. The molecule has 0 saturated heterocycles. The van der Waals surface area contributed by atoms with E-state index in [1.165, 1.54) is 42.0 Å². The summed E-state index contributed by atoms with van der Waals surface area (Å²) in [4.78, 5) is 2.42. The zero-order chi connectivity index (χ0) is 22.9. The van der Waals surface area contributed by atoms with Crippen LogP contribution in [0.4, 0.5) is 17.1 Å². The Morgan fingerprint density at radius 2 is 1.20 bits per heavy atom. The average Bonchev–Trinajstić information content (AvgIpc) is 3.31. The van der Waals surface area contributed by atoms with Gasteiger partial charge in [0.2, 0.25) is 0 Å². The number of ether oxygens (including phenoxy) is 1. The Morgan fingerprint density at radius 3 is 2.09 bits per heavy atom. The lowest BCUT2D eigenvalue weighted by Crippen LogP contribution is -2.16. The molecule has 3 heteroatoms. The maximum atomic E-state index is 6.68. The Morgan fingerprint density at radius 1 is 0.514 bits per heavy atom. The van der Waals surface area contributed by atoms with Crippen molar-refractivity contribution < 1.29 is 4.74 Å². The van der Waals surface area contributed by atoms with Crippen LogP contribution in [0.2, 0.25) is 0 Å². The number of rotatable bonds is 1. The van der Waals surface area contributed by atoms with Gasteiger partial charge in [-0.15, -0.1) is 11.3 Å². The van der Waals surface area contributed by atoms with Crippen molar-refractivity contribution >= 4 is 70.1 Å². The van der Waals surface area contributed by atoms with Crippen LogP contribution in [-0.4, -0.2) is 0 Å². The second-order valence-electron chi connectivity index (χ2n) is 8.96. The normalized spacial score (nSPS) is 12.7. The van der Waals surface area contributed by atoms with Crippen molar-refractivity contribution in [1.82, 2.24) is 0 Å². The summed E-state index contributed by atoms with van der Waals surface area (Å²) < 4.78 is 9.27. The first-order valence-corrected chi connectivity index (χ1v) is 12.6. The van der Waals surface area contributed by atoms with E-state index in [1.807, 2.05) is 11.3 Å². The van der Waals surface area contributed by atoms with E-state index in [4.69, 9.17) is 4.74 Å². The fourth-order valence-electron chi connectivity index (χ4n) is 5.45. The van der Waals surface area contributed by atoms with Crippen LogP contribution in [0.15, 0.2) is 115 Å². The summed E-state index contributed by atoms with van der Waals surface area (Å²) in [6.45, 7) is 0. The van der Waals surface area contributed by atoms with E-state index in [0.29, 0.717) is 0 Å². The molecule has 7 aromatic rings. The third-order valence-corrected chi connectivity index (χ3v) is 8.23. The molecule has 0 radical (unpaired) electrons. The number of hydrogen-bond donors (Lipinski definition) is 0. The molecular formula is C32H19NOS. The van der Waals surface area contributed by atoms with E-state index in [2.05, 4.69) is 120 Å². The molecule has 8 rings (SSSR count). The zero-order valence-electron chi connectivity index (χ0n) is 18.7. The third kappa shape index (κ3) is 2.64. The molecule has 0 atom stereocenters. The second kappa shape index (κ2) is 7.08. The molecule has 0 spiro atoms. The molecule has 2 nitrogen and oxygen atoms in total. The summed E-state index contributed by atoms with van der Waals surface area (Å²) in [5.74, 6) is 1.79. The van der Waals surface area contributed by atoms with Crippen LogP contribution in [0.1, 0.15) is 0 Å². The van der Waals surface area contributed by atoms with Crippen molar-refractivity contribution in [2.75, 3.05) is 4.90 Å². The Bertz CT molecular complexity index is 1950. The lowest BCUT2D eigenvalue weighted by Gasteiger charge is -2.34. The van der Waals surface area contributed by atoms with Crippen LogP contribution in [0.3, 0.4) is 0 Å². The minimum absolute atomic E-state index is 0.880. The van der Waals surface area contributed by atoms with Gasteiger partial charge in [0, 0.05) is 26.2 Å². The van der Waals surface area contributed by atoms with Gasteiger partial charge in [-0.25, -0.2) is 0 Å². The first-order valence-electron chi connectivity index (χ1n) is 11.8. The average molecular weight is 466 g/mol. The quantitative estimate of drug-likeness (QED) is 0.239. The summed E-state index contributed by atoms with van der Waals surface area (Å²) in [6.07, 6.45) is 0. The van der Waals surface area contributed by atoms with Crippen LogP contribution >= 0.6 is 11.3 Å². The number of benzene rings is 6. The largest absolute Gasteiger partial charge is 0.452 e. The summed E-state index contributed by atoms with van der Waals surface area (Å²) >= 11 is 1.86. The van der Waals surface area contributed by atoms with Gasteiger partial charge in [-0.05, 0) is 35.0 Å². The lowest BCUT2D eigenvalue weighted by atomic mass is 10.0. The lowest BCUT2D eigenvalue weighted by molar-refractivity contribution is 0.483. The molecule has 164 valence electrons. The van der Waals surface area contributed by atoms with Gasteiger partial charge in [-0.1, -0.05) is 91.0 Å². The van der Waals surface area contributed by atoms with Gasteiger partial charge in [0.25, 0.3) is 0 Å². The fourth-order valence-corrected chi connectivity index (χ4v) is 6.66. The van der Waals surface area contributed by atoms with E-state index in [0.717, 1.165) is 28.3 Å². The number of hydrogen-bond acceptors (Lipinski definition) is 3. The van der Waals surface area contributed by atoms with Gasteiger partial charge in [-0.2, -0.15) is 0 Å². The summed E-state index contributed by atoms with van der Waals surface area (Å²) in [5, 5.41) is 7.28. The SMILES string of the molecule is c1ccc2c3c(ccc2c1)N(c1cccc2c1sc1ccccc12)c1c(ccc2ccccc12)O3. The van der Waals surface area contributed by atoms with Crippen molar-refractivity contribution in [1.29, 1.82) is 0 Å².